The minimum Gasteiger partial charge on any atom is -0.381 e. The number of piperazine rings is 2. The number of carbonyl (C=O) groups is 2. The number of aliphatic hydroxyl groups is 1. The van der Waals surface area contributed by atoms with Gasteiger partial charge in [-0.25, -0.2) is 19.0 Å². The first kappa shape index (κ1) is 51.3. The summed E-state index contributed by atoms with van der Waals surface area (Å²) >= 11 is 0. The highest BCUT2D eigenvalue weighted by molar-refractivity contribution is 5.93. The van der Waals surface area contributed by atoms with Gasteiger partial charge in [0.2, 0.25) is 11.8 Å². The number of β-amino-alcohol motifs (C(OH)–C–C–N with tert-alkyl or cyclic N) is 1. The topological polar surface area (TPSA) is 276 Å². The van der Waals surface area contributed by atoms with Crippen LogP contribution >= 0.6 is 0 Å². The second-order valence-corrected chi connectivity index (χ2v) is 20.5. The summed E-state index contributed by atoms with van der Waals surface area (Å²) in [4.78, 5) is 47.8. The van der Waals surface area contributed by atoms with Crippen molar-refractivity contribution in [1.82, 2.24) is 63.5 Å². The van der Waals surface area contributed by atoms with Crippen molar-refractivity contribution >= 4 is 46.1 Å². The van der Waals surface area contributed by atoms with Gasteiger partial charge >= 0.3 is 0 Å². The second kappa shape index (κ2) is 21.1. The van der Waals surface area contributed by atoms with Gasteiger partial charge in [-0.3, -0.25) is 23.9 Å². The molecule has 22 nitrogen and oxygen atoms in total. The molecule has 2 aliphatic heterocycles. The number of aromatic nitrogens is 11. The Morgan fingerprint density at radius 2 is 1.19 bits per heavy atom. The minimum absolute atomic E-state index is 0.0147. The van der Waals surface area contributed by atoms with Gasteiger partial charge < -0.3 is 36.2 Å². The number of nitriles is 2. The highest BCUT2D eigenvalue weighted by Gasteiger charge is 2.54. The monoisotopic (exact) mass is 1080 g/mol. The van der Waals surface area contributed by atoms with E-state index in [4.69, 9.17) is 16.5 Å². The molecule has 2 saturated heterocycles. The lowest BCUT2D eigenvalue weighted by Crippen LogP contribution is -2.55. The van der Waals surface area contributed by atoms with E-state index >= 15 is 0 Å². The maximum Gasteiger partial charge on any atom is 0.234 e. The van der Waals surface area contributed by atoms with Crippen molar-refractivity contribution in [3.63, 3.8) is 0 Å². The number of hydrogen-bond donors (Lipinski definition) is 3. The lowest BCUT2D eigenvalue weighted by atomic mass is 9.99. The van der Waals surface area contributed by atoms with Crippen LogP contribution in [0.4, 0.5) is 23.3 Å². The van der Waals surface area contributed by atoms with E-state index in [2.05, 4.69) is 47.4 Å². The van der Waals surface area contributed by atoms with Gasteiger partial charge in [0.05, 0.1) is 47.5 Å². The van der Waals surface area contributed by atoms with Crippen molar-refractivity contribution in [2.24, 2.45) is 14.1 Å². The molecule has 0 radical (unpaired) electrons. The van der Waals surface area contributed by atoms with Crippen LogP contribution in [0.1, 0.15) is 35.2 Å². The Hall–Kier alpha value is -10.4. The van der Waals surface area contributed by atoms with E-state index in [-0.39, 0.29) is 30.0 Å². The first-order valence-electron chi connectivity index (χ1n) is 26.4. The van der Waals surface area contributed by atoms with Crippen molar-refractivity contribution in [1.29, 1.82) is 10.5 Å². The Labute approximate surface area is 464 Å². The number of pyridine rings is 5. The number of benzene rings is 1. The summed E-state index contributed by atoms with van der Waals surface area (Å²) in [6.45, 7) is 3.83. The van der Waals surface area contributed by atoms with Gasteiger partial charge in [0.15, 0.2) is 11.6 Å². The number of aliphatic hydroxyl groups excluding tert-OH is 1. The van der Waals surface area contributed by atoms with E-state index in [1.54, 1.807) is 53.0 Å². The fourth-order valence-corrected chi connectivity index (χ4v) is 10.9. The molecule has 5 N–H and O–H groups in total. The molecular formula is C59H55N19O3. The van der Waals surface area contributed by atoms with Crippen LogP contribution in [0.3, 0.4) is 0 Å². The van der Waals surface area contributed by atoms with Gasteiger partial charge in [-0.1, -0.05) is 36.4 Å². The number of carbonyl (C=O) groups excluding carboxylic acids is 2. The fraction of sp³-hybridized carbons (Fsp3) is 0.237. The largest absolute Gasteiger partial charge is 0.381 e. The molecule has 2 amide bonds. The lowest BCUT2D eigenvalue weighted by Gasteiger charge is -2.39. The summed E-state index contributed by atoms with van der Waals surface area (Å²) in [6, 6.07) is 31.5. The maximum absolute atomic E-state index is 13.4. The Morgan fingerprint density at radius 3 is 1.67 bits per heavy atom. The van der Waals surface area contributed by atoms with E-state index in [9.17, 15) is 25.2 Å². The molecule has 3 aliphatic rings. The predicted octanol–water partition coefficient (Wildman–Crippen LogP) is 5.49. The molecule has 1 aromatic carbocycles. The molecule has 0 spiro atoms. The third-order valence-electron chi connectivity index (χ3n) is 15.3. The number of hydrogen-bond acceptors (Lipinski definition) is 16. The summed E-state index contributed by atoms with van der Waals surface area (Å²) in [6.07, 6.45) is 17.5. The molecule has 9 aromatic heterocycles. The maximum atomic E-state index is 13.4. The number of fused-ring (bicyclic) bond motifs is 2. The van der Waals surface area contributed by atoms with Crippen LogP contribution in [0.15, 0.2) is 141 Å². The number of aryl methyl sites for hydroxylation is 2. The van der Waals surface area contributed by atoms with E-state index in [0.717, 1.165) is 74.4 Å². The van der Waals surface area contributed by atoms with Crippen LogP contribution in [0, 0.1) is 22.7 Å². The Kier molecular flexibility index (Phi) is 13.3. The molecule has 22 heteroatoms. The third kappa shape index (κ3) is 9.84. The molecule has 11 heterocycles. The average molecular weight is 1080 g/mol. The smallest absolute Gasteiger partial charge is 0.234 e. The summed E-state index contributed by atoms with van der Waals surface area (Å²) in [5.74, 6) is 1.95. The van der Waals surface area contributed by atoms with Crippen molar-refractivity contribution in [3.05, 3.63) is 163 Å². The number of nitrogens with two attached hydrogens (primary N) is 2. The molecule has 404 valence electrons. The number of anilines is 4. The van der Waals surface area contributed by atoms with E-state index in [1.807, 2.05) is 135 Å². The molecule has 1 saturated carbocycles. The van der Waals surface area contributed by atoms with Crippen molar-refractivity contribution in [2.75, 3.05) is 67.1 Å². The van der Waals surface area contributed by atoms with Gasteiger partial charge in [-0.05, 0) is 66.9 Å². The molecular weight excluding hydrogens is 1020 g/mol. The molecule has 10 aromatic rings. The predicted molar refractivity (Wildman–Crippen MR) is 304 cm³/mol. The van der Waals surface area contributed by atoms with Crippen LogP contribution in [-0.4, -0.2) is 133 Å². The minimum atomic E-state index is -0.882. The van der Waals surface area contributed by atoms with E-state index < -0.39 is 11.6 Å². The highest BCUT2D eigenvalue weighted by atomic mass is 16.3. The fourth-order valence-electron chi connectivity index (χ4n) is 10.9. The third-order valence-corrected chi connectivity index (χ3v) is 15.3. The van der Waals surface area contributed by atoms with Crippen LogP contribution in [0.5, 0.6) is 0 Å². The van der Waals surface area contributed by atoms with Crippen molar-refractivity contribution in [3.8, 4) is 56.6 Å². The van der Waals surface area contributed by atoms with Crippen LogP contribution in [0.25, 0.3) is 55.5 Å². The van der Waals surface area contributed by atoms with Crippen LogP contribution < -0.4 is 21.3 Å². The molecule has 3 fully saturated rings. The van der Waals surface area contributed by atoms with Gasteiger partial charge in [0, 0.05) is 141 Å². The Bertz CT molecular complexity index is 4070. The zero-order valence-electron chi connectivity index (χ0n) is 44.4. The number of amides is 2. The highest BCUT2D eigenvalue weighted by Crippen LogP contribution is 2.49. The second-order valence-electron chi connectivity index (χ2n) is 20.5. The van der Waals surface area contributed by atoms with Gasteiger partial charge in [-0.15, -0.1) is 10.2 Å². The molecule has 0 bridgehead atoms. The normalized spacial score (nSPS) is 15.7. The lowest BCUT2D eigenvalue weighted by molar-refractivity contribution is -0.134. The zero-order chi connectivity index (χ0) is 55.9. The molecule has 1 atom stereocenters. The molecule has 1 aliphatic carbocycles. The van der Waals surface area contributed by atoms with Crippen molar-refractivity contribution in [2.45, 2.75) is 30.9 Å². The number of rotatable bonds is 10. The quantitative estimate of drug-likeness (QED) is 0.153. The zero-order valence-corrected chi connectivity index (χ0v) is 44.4. The van der Waals surface area contributed by atoms with Crippen LogP contribution in [0.2, 0.25) is 0 Å². The van der Waals surface area contributed by atoms with Gasteiger partial charge in [0.25, 0.3) is 0 Å². The summed E-state index contributed by atoms with van der Waals surface area (Å²) in [5.41, 5.74) is 22.2. The summed E-state index contributed by atoms with van der Waals surface area (Å²) in [7, 11) is 3.71. The number of nitrogens with zero attached hydrogens (tertiary/aromatic N) is 17. The summed E-state index contributed by atoms with van der Waals surface area (Å²) < 4.78 is 6.74. The average Bonchev–Trinajstić information content (AvgIpc) is 3.74. The Morgan fingerprint density at radius 1 is 0.630 bits per heavy atom. The van der Waals surface area contributed by atoms with Gasteiger partial charge in [0.1, 0.15) is 41.1 Å². The standard InChI is InChI=1S/C30H28N10O.C29H27N9O2/c1-37-18-22(17-35-37)21-14-23(27-24(15-31)28(32)36-40(27)19-21)20-5-6-26(34-16-20)38-10-12-39(13-11-38)29(41)30(7-8-30)25-4-2-3-9-33-25;1-35-16-22(15-33-35)21-12-23(28-24(13-30)29(31)34-38(28)17-21)20-7-8-25(32-14-20)37-10-9-36(18-27(37)40)26(39)11-19-5-3-2-4-6-19/h2-6,9,14,16-19H,7-8,10-13H2,1H3,(H2,32,36);2-8,12,14-17,27,40H,9-11,18H2,1H3,(H2,31,34)/t;27-/m.0/s1. The Balaban J connectivity index is 0.000000161. The first-order chi connectivity index (χ1) is 39.4. The SMILES string of the molecule is Cn1cc(-c2cc(-c3ccc(N4CCN(C(=O)C5(c6ccccn6)CC5)CC4)nc3)c3c(C#N)c(N)nn3c2)cn1.Cn1cc(-c2cc(-c3ccc(N4CCN(C(=O)Cc5ccccc5)C[C@@H]4O)nc3)c3c(C#N)c(N)nn3c2)cn1. The number of nitrogen functional groups attached to an aromatic ring is 2. The van der Waals surface area contributed by atoms with Crippen LogP contribution in [-0.2, 0) is 35.5 Å². The van der Waals surface area contributed by atoms with Gasteiger partial charge in [-0.2, -0.15) is 20.7 Å². The molecule has 81 heavy (non-hydrogen) atoms. The van der Waals surface area contributed by atoms with Crippen molar-refractivity contribution < 1.29 is 14.7 Å². The molecule has 13 rings (SSSR count). The van der Waals surface area contributed by atoms with E-state index in [1.165, 1.54) is 0 Å². The molecule has 0 unspecified atom stereocenters. The van der Waals surface area contributed by atoms with E-state index in [0.29, 0.717) is 73.7 Å². The first-order valence-corrected chi connectivity index (χ1v) is 26.4. The summed E-state index contributed by atoms with van der Waals surface area (Å²) in [5, 5.41) is 47.8.